The first kappa shape index (κ1) is 13.2. The monoisotopic (exact) mass is 261 g/mol. The van der Waals surface area contributed by atoms with Gasteiger partial charge in [-0.3, -0.25) is 4.79 Å². The van der Waals surface area contributed by atoms with Crippen LogP contribution >= 0.6 is 0 Å². The highest BCUT2D eigenvalue weighted by atomic mass is 16.5. The number of hydrogen-bond donors (Lipinski definition) is 1. The van der Waals surface area contributed by atoms with E-state index in [1.165, 1.54) is 12.4 Å². The molecule has 1 atom stereocenters. The topological polar surface area (TPSA) is 91.1 Å². The number of carbonyl (C=O) groups is 1. The average molecular weight is 261 g/mol. The van der Waals surface area contributed by atoms with Crippen LogP contribution < -0.4 is 5.32 Å². The summed E-state index contributed by atoms with van der Waals surface area (Å²) in [6.07, 6.45) is 2.92. The quantitative estimate of drug-likeness (QED) is 0.824. The Morgan fingerprint density at radius 1 is 1.47 bits per heavy atom. The van der Waals surface area contributed by atoms with E-state index in [4.69, 9.17) is 10.00 Å². The maximum absolute atomic E-state index is 12.2. The standard InChI is InChI=1S/C12H15N5O2/c1-9(12(18)17-4-6-19-7-5-17)16-11-10(8-13)14-2-3-15-11/h2-3,9H,4-7H2,1H3,(H,15,16). The second-order valence-electron chi connectivity index (χ2n) is 4.17. The lowest BCUT2D eigenvalue weighted by Gasteiger charge is -2.29. The summed E-state index contributed by atoms with van der Waals surface area (Å²) in [6.45, 7) is 4.06. The molecule has 2 heterocycles. The maximum atomic E-state index is 12.2. The largest absolute Gasteiger partial charge is 0.378 e. The Kier molecular flexibility index (Phi) is 4.26. The first-order chi connectivity index (χ1) is 9.22. The Morgan fingerprint density at radius 2 is 2.16 bits per heavy atom. The molecule has 0 aliphatic carbocycles. The van der Waals surface area contributed by atoms with Crippen molar-refractivity contribution in [2.24, 2.45) is 0 Å². The van der Waals surface area contributed by atoms with Crippen LogP contribution in [0.3, 0.4) is 0 Å². The van der Waals surface area contributed by atoms with Crippen LogP contribution in [0.15, 0.2) is 12.4 Å². The molecular formula is C12H15N5O2. The van der Waals surface area contributed by atoms with Gasteiger partial charge in [0, 0.05) is 25.5 Å². The number of anilines is 1. The lowest BCUT2D eigenvalue weighted by atomic mass is 10.2. The summed E-state index contributed by atoms with van der Waals surface area (Å²) in [5.74, 6) is 0.303. The van der Waals surface area contributed by atoms with E-state index in [1.807, 2.05) is 6.07 Å². The SMILES string of the molecule is CC(Nc1nccnc1C#N)C(=O)N1CCOCC1. The van der Waals surface area contributed by atoms with Gasteiger partial charge in [-0.2, -0.15) is 5.26 Å². The van der Waals surface area contributed by atoms with Gasteiger partial charge in [-0.15, -0.1) is 0 Å². The van der Waals surface area contributed by atoms with Crippen LogP contribution in [0.2, 0.25) is 0 Å². The summed E-state index contributed by atoms with van der Waals surface area (Å²) in [4.78, 5) is 21.8. The van der Waals surface area contributed by atoms with Gasteiger partial charge in [0.1, 0.15) is 12.1 Å². The van der Waals surface area contributed by atoms with Crippen molar-refractivity contribution in [2.45, 2.75) is 13.0 Å². The minimum atomic E-state index is -0.457. The van der Waals surface area contributed by atoms with Crippen molar-refractivity contribution in [1.29, 1.82) is 5.26 Å². The van der Waals surface area contributed by atoms with Gasteiger partial charge in [-0.1, -0.05) is 0 Å². The summed E-state index contributed by atoms with van der Waals surface area (Å²) < 4.78 is 5.20. The van der Waals surface area contributed by atoms with Crippen molar-refractivity contribution in [3.05, 3.63) is 18.1 Å². The Morgan fingerprint density at radius 3 is 2.84 bits per heavy atom. The smallest absolute Gasteiger partial charge is 0.244 e. The normalized spacial score (nSPS) is 16.5. The number of nitriles is 1. The molecule has 1 unspecified atom stereocenters. The molecule has 7 nitrogen and oxygen atoms in total. The van der Waals surface area contributed by atoms with Crippen molar-refractivity contribution in [1.82, 2.24) is 14.9 Å². The fraction of sp³-hybridized carbons (Fsp3) is 0.500. The van der Waals surface area contributed by atoms with Gasteiger partial charge < -0.3 is 15.0 Å². The van der Waals surface area contributed by atoms with Gasteiger partial charge in [0.2, 0.25) is 5.91 Å². The predicted octanol–water partition coefficient (Wildman–Crippen LogP) is 0.00748. The molecule has 1 aliphatic heterocycles. The number of nitrogens with zero attached hydrogens (tertiary/aromatic N) is 4. The zero-order chi connectivity index (χ0) is 13.7. The van der Waals surface area contributed by atoms with Crippen LogP contribution in [0, 0.1) is 11.3 Å². The van der Waals surface area contributed by atoms with Gasteiger partial charge in [0.25, 0.3) is 0 Å². The van der Waals surface area contributed by atoms with E-state index < -0.39 is 6.04 Å². The number of nitrogens with one attached hydrogen (secondary N) is 1. The van der Waals surface area contributed by atoms with Crippen molar-refractivity contribution in [2.75, 3.05) is 31.6 Å². The Bertz CT molecular complexity index is 493. The summed E-state index contributed by atoms with van der Waals surface area (Å²) in [5, 5.41) is 11.8. The van der Waals surface area contributed by atoms with E-state index in [0.717, 1.165) is 0 Å². The molecule has 100 valence electrons. The fourth-order valence-electron chi connectivity index (χ4n) is 1.85. The average Bonchev–Trinajstić information content (AvgIpc) is 2.48. The van der Waals surface area contributed by atoms with Crippen molar-refractivity contribution >= 4 is 11.7 Å². The van der Waals surface area contributed by atoms with Crippen LogP contribution in [0.1, 0.15) is 12.6 Å². The second-order valence-corrected chi connectivity index (χ2v) is 4.17. The highest BCUT2D eigenvalue weighted by Gasteiger charge is 2.23. The second kappa shape index (κ2) is 6.11. The zero-order valence-corrected chi connectivity index (χ0v) is 10.7. The molecule has 1 aromatic heterocycles. The lowest BCUT2D eigenvalue weighted by Crippen LogP contribution is -2.47. The highest BCUT2D eigenvalue weighted by Crippen LogP contribution is 2.10. The number of rotatable bonds is 3. The van der Waals surface area contributed by atoms with E-state index in [9.17, 15) is 4.79 Å². The fourth-order valence-corrected chi connectivity index (χ4v) is 1.85. The number of ether oxygens (including phenoxy) is 1. The van der Waals surface area contributed by atoms with Crippen LogP contribution in [0.4, 0.5) is 5.82 Å². The molecule has 0 radical (unpaired) electrons. The molecule has 1 saturated heterocycles. The molecule has 0 spiro atoms. The molecule has 7 heteroatoms. The van der Waals surface area contributed by atoms with E-state index in [2.05, 4.69) is 15.3 Å². The molecule has 1 amide bonds. The minimum absolute atomic E-state index is 0.0298. The summed E-state index contributed by atoms with van der Waals surface area (Å²) in [7, 11) is 0. The van der Waals surface area contributed by atoms with Crippen LogP contribution in [-0.4, -0.2) is 53.1 Å². The summed E-state index contributed by atoms with van der Waals surface area (Å²) in [6, 6.07) is 1.48. The molecule has 1 aliphatic rings. The van der Waals surface area contributed by atoms with E-state index >= 15 is 0 Å². The first-order valence-corrected chi connectivity index (χ1v) is 6.06. The number of morpholine rings is 1. The van der Waals surface area contributed by atoms with Crippen LogP contribution in [-0.2, 0) is 9.53 Å². The molecule has 19 heavy (non-hydrogen) atoms. The first-order valence-electron chi connectivity index (χ1n) is 6.06. The van der Waals surface area contributed by atoms with E-state index in [1.54, 1.807) is 11.8 Å². The van der Waals surface area contributed by atoms with E-state index in [0.29, 0.717) is 32.1 Å². The third-order valence-corrected chi connectivity index (χ3v) is 2.85. The lowest BCUT2D eigenvalue weighted by molar-refractivity contribution is -0.135. The number of aromatic nitrogens is 2. The van der Waals surface area contributed by atoms with Crippen molar-refractivity contribution in [3.8, 4) is 6.07 Å². The highest BCUT2D eigenvalue weighted by molar-refractivity contribution is 5.84. The third-order valence-electron chi connectivity index (χ3n) is 2.85. The number of carbonyl (C=O) groups excluding carboxylic acids is 1. The molecule has 1 fully saturated rings. The van der Waals surface area contributed by atoms with Gasteiger partial charge in [-0.05, 0) is 6.92 Å². The predicted molar refractivity (Wildman–Crippen MR) is 67.2 cm³/mol. The number of amides is 1. The summed E-state index contributed by atoms with van der Waals surface area (Å²) >= 11 is 0. The van der Waals surface area contributed by atoms with Crippen molar-refractivity contribution in [3.63, 3.8) is 0 Å². The van der Waals surface area contributed by atoms with Crippen LogP contribution in [0.5, 0.6) is 0 Å². The molecule has 1 aromatic rings. The Labute approximate surface area is 111 Å². The van der Waals surface area contributed by atoms with Crippen molar-refractivity contribution < 1.29 is 9.53 Å². The van der Waals surface area contributed by atoms with Crippen LogP contribution in [0.25, 0.3) is 0 Å². The maximum Gasteiger partial charge on any atom is 0.244 e. The molecular weight excluding hydrogens is 246 g/mol. The van der Waals surface area contributed by atoms with Gasteiger partial charge in [-0.25, -0.2) is 9.97 Å². The summed E-state index contributed by atoms with van der Waals surface area (Å²) in [5.41, 5.74) is 0.184. The molecule has 1 N–H and O–H groups in total. The third kappa shape index (κ3) is 3.17. The number of hydrogen-bond acceptors (Lipinski definition) is 6. The van der Waals surface area contributed by atoms with Gasteiger partial charge in [0.15, 0.2) is 11.5 Å². The Hall–Kier alpha value is -2.20. The molecule has 2 rings (SSSR count). The molecule has 0 bridgehead atoms. The van der Waals surface area contributed by atoms with Gasteiger partial charge >= 0.3 is 0 Å². The molecule has 0 saturated carbocycles. The molecule has 0 aromatic carbocycles. The minimum Gasteiger partial charge on any atom is -0.378 e. The zero-order valence-electron chi connectivity index (χ0n) is 10.7. The van der Waals surface area contributed by atoms with Gasteiger partial charge in [0.05, 0.1) is 13.2 Å². The Balaban J connectivity index is 2.02. The van der Waals surface area contributed by atoms with E-state index in [-0.39, 0.29) is 11.6 Å².